The zero-order chi connectivity index (χ0) is 15.8. The molecule has 0 bridgehead atoms. The number of rotatable bonds is 0. The summed E-state index contributed by atoms with van der Waals surface area (Å²) >= 11 is 0. The van der Waals surface area contributed by atoms with Gasteiger partial charge >= 0.3 is 0 Å². The molecule has 3 aromatic carbocycles. The van der Waals surface area contributed by atoms with Crippen LogP contribution in [-0.4, -0.2) is 17.1 Å². The van der Waals surface area contributed by atoms with Crippen LogP contribution in [0.1, 0.15) is 27.0 Å². The Morgan fingerprint density at radius 3 is 2.75 bits per heavy atom. The normalized spacial score (nSPS) is 14.4. The summed E-state index contributed by atoms with van der Waals surface area (Å²) in [5.41, 5.74) is 8.88. The van der Waals surface area contributed by atoms with Gasteiger partial charge in [-0.25, -0.2) is 4.99 Å². The van der Waals surface area contributed by atoms with Crippen molar-refractivity contribution in [2.45, 2.75) is 6.42 Å². The van der Waals surface area contributed by atoms with Crippen molar-refractivity contribution in [2.24, 2.45) is 4.99 Å². The van der Waals surface area contributed by atoms with Crippen LogP contribution < -0.4 is 0 Å². The van der Waals surface area contributed by atoms with E-state index in [0.717, 1.165) is 39.4 Å². The van der Waals surface area contributed by atoms with Crippen LogP contribution in [0.4, 0.5) is 0 Å². The predicted molar refractivity (Wildman–Crippen MR) is 96.0 cm³/mol. The molecule has 0 fully saturated rings. The van der Waals surface area contributed by atoms with Crippen LogP contribution in [0.15, 0.2) is 53.5 Å². The van der Waals surface area contributed by atoms with Crippen molar-refractivity contribution in [1.29, 1.82) is 0 Å². The zero-order valence-electron chi connectivity index (χ0n) is 12.8. The highest BCUT2D eigenvalue weighted by atomic mass is 16.1. The highest BCUT2D eigenvalue weighted by Crippen LogP contribution is 2.46. The monoisotopic (exact) mass is 308 g/mol. The molecule has 0 radical (unpaired) electrons. The Bertz CT molecular complexity index is 1240. The summed E-state index contributed by atoms with van der Waals surface area (Å²) in [7, 11) is 0. The van der Waals surface area contributed by atoms with E-state index in [1.807, 2.05) is 12.1 Å². The van der Waals surface area contributed by atoms with Gasteiger partial charge in [0, 0.05) is 34.5 Å². The summed E-state index contributed by atoms with van der Waals surface area (Å²) in [6.45, 7) is 0. The van der Waals surface area contributed by atoms with E-state index in [1.165, 1.54) is 22.3 Å². The minimum absolute atomic E-state index is 0.132. The van der Waals surface area contributed by atoms with E-state index in [0.29, 0.717) is 0 Å². The summed E-state index contributed by atoms with van der Waals surface area (Å²) in [6.07, 6.45) is 2.64. The molecule has 0 atom stereocenters. The van der Waals surface area contributed by atoms with Crippen molar-refractivity contribution in [3.05, 3.63) is 70.8 Å². The lowest BCUT2D eigenvalue weighted by Gasteiger charge is -2.09. The Morgan fingerprint density at radius 1 is 0.958 bits per heavy atom. The van der Waals surface area contributed by atoms with E-state index in [1.54, 1.807) is 6.21 Å². The predicted octanol–water partition coefficient (Wildman–Crippen LogP) is 4.47. The van der Waals surface area contributed by atoms with E-state index in [9.17, 15) is 4.79 Å². The molecule has 6 rings (SSSR count). The summed E-state index contributed by atoms with van der Waals surface area (Å²) < 4.78 is 0. The number of H-pyrrole nitrogens is 1. The van der Waals surface area contributed by atoms with Gasteiger partial charge in [-0.3, -0.25) is 4.79 Å². The Morgan fingerprint density at radius 2 is 1.79 bits per heavy atom. The van der Waals surface area contributed by atoms with Crippen molar-refractivity contribution >= 4 is 33.9 Å². The smallest absolute Gasteiger partial charge is 0.278 e. The average molecular weight is 308 g/mol. The van der Waals surface area contributed by atoms with E-state index in [4.69, 9.17) is 0 Å². The van der Waals surface area contributed by atoms with Gasteiger partial charge in [0.15, 0.2) is 0 Å². The van der Waals surface area contributed by atoms with Crippen LogP contribution in [0.5, 0.6) is 0 Å². The first-order valence-electron chi connectivity index (χ1n) is 8.09. The molecule has 1 aliphatic heterocycles. The van der Waals surface area contributed by atoms with Crippen molar-refractivity contribution < 1.29 is 4.79 Å². The molecule has 24 heavy (non-hydrogen) atoms. The molecule has 0 spiro atoms. The SMILES string of the molecule is O=C1N=Cc2c3c(c4[nH]c5ccccc5c4c21)Cc1ccccc1-3. The summed E-state index contributed by atoms with van der Waals surface area (Å²) in [5.74, 6) is -0.132. The molecule has 3 heteroatoms. The van der Waals surface area contributed by atoms with Gasteiger partial charge in [0.1, 0.15) is 0 Å². The minimum atomic E-state index is -0.132. The summed E-state index contributed by atoms with van der Waals surface area (Å²) in [5, 5.41) is 2.12. The van der Waals surface area contributed by atoms with Gasteiger partial charge in [-0.1, -0.05) is 42.5 Å². The maximum atomic E-state index is 12.5. The third kappa shape index (κ3) is 1.30. The average Bonchev–Trinajstić information content (AvgIpc) is 3.27. The lowest BCUT2D eigenvalue weighted by atomic mass is 9.92. The Kier molecular flexibility index (Phi) is 2.04. The second-order valence-corrected chi connectivity index (χ2v) is 6.46. The van der Waals surface area contributed by atoms with Crippen molar-refractivity contribution in [2.75, 3.05) is 0 Å². The first-order valence-corrected chi connectivity index (χ1v) is 8.09. The number of aromatic amines is 1. The fraction of sp³-hybridized carbons (Fsp3) is 0.0476. The number of nitrogens with one attached hydrogen (secondary N) is 1. The Hall–Kier alpha value is -3.20. The van der Waals surface area contributed by atoms with E-state index >= 15 is 0 Å². The number of aromatic nitrogens is 1. The lowest BCUT2D eigenvalue weighted by Crippen LogP contribution is -1.98. The van der Waals surface area contributed by atoms with E-state index in [-0.39, 0.29) is 5.91 Å². The second kappa shape index (κ2) is 4.01. The summed E-state index contributed by atoms with van der Waals surface area (Å²) in [6, 6.07) is 16.6. The fourth-order valence-corrected chi connectivity index (χ4v) is 4.31. The first kappa shape index (κ1) is 12.3. The highest BCUT2D eigenvalue weighted by molar-refractivity contribution is 6.28. The zero-order valence-corrected chi connectivity index (χ0v) is 12.8. The highest BCUT2D eigenvalue weighted by Gasteiger charge is 2.32. The van der Waals surface area contributed by atoms with Gasteiger partial charge < -0.3 is 4.98 Å². The van der Waals surface area contributed by atoms with Crippen molar-refractivity contribution in [3.8, 4) is 11.1 Å². The number of hydrogen-bond donors (Lipinski definition) is 1. The van der Waals surface area contributed by atoms with Gasteiger partial charge in [-0.05, 0) is 28.3 Å². The number of aliphatic imine (C=N–C) groups is 1. The van der Waals surface area contributed by atoms with Crippen LogP contribution in [0.2, 0.25) is 0 Å². The van der Waals surface area contributed by atoms with Crippen LogP contribution >= 0.6 is 0 Å². The van der Waals surface area contributed by atoms with Crippen LogP contribution in [0, 0.1) is 0 Å². The van der Waals surface area contributed by atoms with Gasteiger partial charge in [0.2, 0.25) is 0 Å². The van der Waals surface area contributed by atoms with Gasteiger partial charge in [0.05, 0.1) is 11.1 Å². The quantitative estimate of drug-likeness (QED) is 0.451. The maximum absolute atomic E-state index is 12.5. The molecule has 1 amide bonds. The number of para-hydroxylation sites is 1. The molecule has 4 aromatic rings. The molecular formula is C21H12N2O. The molecule has 0 saturated carbocycles. The topological polar surface area (TPSA) is 45.2 Å². The Balaban J connectivity index is 1.90. The number of carbonyl (C=O) groups excluding carboxylic acids is 1. The van der Waals surface area contributed by atoms with Crippen LogP contribution in [0.25, 0.3) is 32.9 Å². The number of hydrogen-bond acceptors (Lipinski definition) is 1. The number of carbonyl (C=O) groups is 1. The van der Waals surface area contributed by atoms with E-state index in [2.05, 4.69) is 46.4 Å². The molecule has 2 aliphatic rings. The molecule has 1 aliphatic carbocycles. The Labute approximate surface area is 137 Å². The van der Waals surface area contributed by atoms with E-state index < -0.39 is 0 Å². The fourth-order valence-electron chi connectivity index (χ4n) is 4.31. The van der Waals surface area contributed by atoms with Gasteiger partial charge in [0.25, 0.3) is 5.91 Å². The molecule has 1 aromatic heterocycles. The molecule has 2 heterocycles. The third-order valence-corrected chi connectivity index (χ3v) is 5.28. The molecule has 1 N–H and O–H groups in total. The molecule has 3 nitrogen and oxygen atoms in total. The molecule has 0 unspecified atom stereocenters. The molecule has 0 saturated heterocycles. The minimum Gasteiger partial charge on any atom is -0.354 e. The van der Waals surface area contributed by atoms with Crippen molar-refractivity contribution in [1.82, 2.24) is 4.98 Å². The first-order chi connectivity index (χ1) is 11.8. The number of benzene rings is 3. The maximum Gasteiger partial charge on any atom is 0.278 e. The van der Waals surface area contributed by atoms with Gasteiger partial charge in [-0.15, -0.1) is 0 Å². The standard InChI is InChI=1S/C21H12N2O/c24-21-19-15(10-22-21)17-12-6-2-1-5-11(12)9-14(17)20-18(19)13-7-3-4-8-16(13)23-20/h1-8,10,23H,9H2. The third-order valence-electron chi connectivity index (χ3n) is 5.28. The number of nitrogens with zero attached hydrogens (tertiary/aromatic N) is 1. The number of fused-ring (bicyclic) bond motifs is 10. The lowest BCUT2D eigenvalue weighted by molar-refractivity contribution is 0.101. The van der Waals surface area contributed by atoms with Crippen LogP contribution in [0.3, 0.4) is 0 Å². The second-order valence-electron chi connectivity index (χ2n) is 6.46. The molecular weight excluding hydrogens is 296 g/mol. The van der Waals surface area contributed by atoms with Crippen molar-refractivity contribution in [3.63, 3.8) is 0 Å². The molecule has 112 valence electrons. The number of amides is 1. The van der Waals surface area contributed by atoms with Gasteiger partial charge in [-0.2, -0.15) is 0 Å². The summed E-state index contributed by atoms with van der Waals surface area (Å²) in [4.78, 5) is 20.2. The van der Waals surface area contributed by atoms with Crippen LogP contribution in [-0.2, 0) is 6.42 Å². The largest absolute Gasteiger partial charge is 0.354 e.